The first-order valence-corrected chi connectivity index (χ1v) is 8.02. The molecule has 0 unspecified atom stereocenters. The second-order valence-electron chi connectivity index (χ2n) is 6.55. The molecular weight excluding hydrogens is 268 g/mol. The number of hydrogen-bond donors (Lipinski definition) is 2. The van der Waals surface area contributed by atoms with Gasteiger partial charge in [0.05, 0.1) is 0 Å². The number of carbonyl (C=O) groups excluding carboxylic acids is 1. The van der Waals surface area contributed by atoms with Gasteiger partial charge in [0.1, 0.15) is 5.41 Å². The van der Waals surface area contributed by atoms with Gasteiger partial charge in [-0.1, -0.05) is 24.4 Å². The number of amidine groups is 1. The minimum absolute atomic E-state index is 0.0564. The summed E-state index contributed by atoms with van der Waals surface area (Å²) >= 11 is 0. The predicted molar refractivity (Wildman–Crippen MR) is 82.2 cm³/mol. The maximum atomic E-state index is 13.0. The van der Waals surface area contributed by atoms with Gasteiger partial charge in [-0.05, 0) is 26.7 Å². The van der Waals surface area contributed by atoms with Crippen molar-refractivity contribution in [2.45, 2.75) is 52.0 Å². The first-order chi connectivity index (χ1) is 10.0. The topological polar surface area (TPSA) is 82.2 Å². The lowest BCUT2D eigenvalue weighted by molar-refractivity contribution is -0.142. The minimum Gasteiger partial charge on any atom is -0.409 e. The maximum absolute atomic E-state index is 13.0. The summed E-state index contributed by atoms with van der Waals surface area (Å²) in [6, 6.07) is 0.509. The number of nitrogens with zero attached hydrogens (tertiary/aromatic N) is 3. The molecule has 2 rings (SSSR count). The lowest BCUT2D eigenvalue weighted by Crippen LogP contribution is -2.58. The highest BCUT2D eigenvalue weighted by Gasteiger charge is 2.46. The fourth-order valence-electron chi connectivity index (χ4n) is 3.57. The van der Waals surface area contributed by atoms with Crippen LogP contribution in [0.2, 0.25) is 0 Å². The van der Waals surface area contributed by atoms with Crippen LogP contribution in [0.15, 0.2) is 5.16 Å². The van der Waals surface area contributed by atoms with E-state index in [1.807, 2.05) is 4.90 Å². The quantitative estimate of drug-likeness (QED) is 0.355. The van der Waals surface area contributed by atoms with Gasteiger partial charge in [0, 0.05) is 32.2 Å². The standard InChI is InChI=1S/C15H28N4O2/c1-12(2)18-8-10-19(11-9-18)14(20)15(13(16)17-21)6-4-3-5-7-15/h12,21H,3-11H2,1-2H3,(H2,16,17). The Hall–Kier alpha value is -1.30. The third-order valence-electron chi connectivity index (χ3n) is 5.05. The van der Waals surface area contributed by atoms with Crippen LogP contribution in [-0.2, 0) is 4.79 Å². The molecule has 0 aromatic carbocycles. The Bertz CT molecular complexity index is 394. The zero-order chi connectivity index (χ0) is 15.5. The van der Waals surface area contributed by atoms with Crippen LogP contribution in [-0.4, -0.2) is 59.0 Å². The maximum Gasteiger partial charge on any atom is 0.236 e. The molecule has 2 fully saturated rings. The summed E-state index contributed by atoms with van der Waals surface area (Å²) in [6.07, 6.45) is 4.45. The molecular formula is C15H28N4O2. The monoisotopic (exact) mass is 296 g/mol. The van der Waals surface area contributed by atoms with Crippen LogP contribution >= 0.6 is 0 Å². The molecule has 0 spiro atoms. The largest absolute Gasteiger partial charge is 0.409 e. The Kier molecular flexibility index (Phi) is 5.08. The molecule has 120 valence electrons. The highest BCUT2D eigenvalue weighted by molar-refractivity contribution is 6.06. The van der Waals surface area contributed by atoms with Crippen LogP contribution in [0.25, 0.3) is 0 Å². The van der Waals surface area contributed by atoms with E-state index in [1.54, 1.807) is 0 Å². The van der Waals surface area contributed by atoms with Gasteiger partial charge < -0.3 is 15.8 Å². The normalized spacial score (nSPS) is 24.3. The van der Waals surface area contributed by atoms with Crippen molar-refractivity contribution in [2.24, 2.45) is 16.3 Å². The van der Waals surface area contributed by atoms with E-state index in [2.05, 4.69) is 23.9 Å². The van der Waals surface area contributed by atoms with Gasteiger partial charge in [-0.3, -0.25) is 9.69 Å². The molecule has 0 bridgehead atoms. The Labute approximate surface area is 127 Å². The van der Waals surface area contributed by atoms with E-state index in [0.29, 0.717) is 18.9 Å². The second kappa shape index (κ2) is 6.64. The first-order valence-electron chi connectivity index (χ1n) is 8.02. The lowest BCUT2D eigenvalue weighted by atomic mass is 9.72. The van der Waals surface area contributed by atoms with Crippen LogP contribution in [0.1, 0.15) is 46.0 Å². The minimum atomic E-state index is -0.771. The number of hydrogen-bond acceptors (Lipinski definition) is 4. The highest BCUT2D eigenvalue weighted by Crippen LogP contribution is 2.38. The third kappa shape index (κ3) is 3.15. The van der Waals surface area contributed by atoms with Gasteiger partial charge in [0.2, 0.25) is 5.91 Å². The molecule has 1 aliphatic carbocycles. The second-order valence-corrected chi connectivity index (χ2v) is 6.55. The summed E-state index contributed by atoms with van der Waals surface area (Å²) in [5.74, 6) is 0.152. The van der Waals surface area contributed by atoms with Crippen LogP contribution in [0.5, 0.6) is 0 Å². The van der Waals surface area contributed by atoms with Gasteiger partial charge in [0.25, 0.3) is 0 Å². The Morgan fingerprint density at radius 2 is 1.71 bits per heavy atom. The molecule has 21 heavy (non-hydrogen) atoms. The van der Waals surface area contributed by atoms with Gasteiger partial charge in [-0.2, -0.15) is 0 Å². The van der Waals surface area contributed by atoms with Crippen LogP contribution < -0.4 is 5.73 Å². The number of carbonyl (C=O) groups is 1. The Balaban J connectivity index is 2.09. The van der Waals surface area contributed by atoms with Crippen LogP contribution in [0.4, 0.5) is 0 Å². The molecule has 1 saturated heterocycles. The number of nitrogens with two attached hydrogens (primary N) is 1. The third-order valence-corrected chi connectivity index (χ3v) is 5.05. The lowest BCUT2D eigenvalue weighted by Gasteiger charge is -2.43. The molecule has 0 aromatic heterocycles. The van der Waals surface area contributed by atoms with Crippen molar-refractivity contribution in [2.75, 3.05) is 26.2 Å². The molecule has 1 amide bonds. The Morgan fingerprint density at radius 1 is 1.14 bits per heavy atom. The molecule has 0 aromatic rings. The first kappa shape index (κ1) is 16.1. The summed E-state index contributed by atoms with van der Waals surface area (Å²) < 4.78 is 0. The molecule has 6 nitrogen and oxygen atoms in total. The smallest absolute Gasteiger partial charge is 0.236 e. The van der Waals surface area contributed by atoms with Gasteiger partial charge in [0.15, 0.2) is 5.84 Å². The van der Waals surface area contributed by atoms with E-state index in [0.717, 1.165) is 45.4 Å². The molecule has 1 aliphatic heterocycles. The van der Waals surface area contributed by atoms with E-state index >= 15 is 0 Å². The van der Waals surface area contributed by atoms with Crippen molar-refractivity contribution in [1.29, 1.82) is 0 Å². The molecule has 2 aliphatic rings. The molecule has 6 heteroatoms. The average Bonchev–Trinajstić information content (AvgIpc) is 2.54. The van der Waals surface area contributed by atoms with Crippen molar-refractivity contribution in [3.63, 3.8) is 0 Å². The summed E-state index contributed by atoms with van der Waals surface area (Å²) in [6.45, 7) is 7.62. The summed E-state index contributed by atoms with van der Waals surface area (Å²) in [5.41, 5.74) is 5.14. The fourth-order valence-corrected chi connectivity index (χ4v) is 3.57. The molecule has 1 heterocycles. The number of piperazine rings is 1. The fraction of sp³-hybridized carbons (Fsp3) is 0.867. The molecule has 0 radical (unpaired) electrons. The van der Waals surface area contributed by atoms with Gasteiger partial charge in [-0.15, -0.1) is 0 Å². The van der Waals surface area contributed by atoms with Gasteiger partial charge >= 0.3 is 0 Å². The van der Waals surface area contributed by atoms with Crippen molar-refractivity contribution in [3.05, 3.63) is 0 Å². The average molecular weight is 296 g/mol. The number of amides is 1. The highest BCUT2D eigenvalue weighted by atomic mass is 16.4. The van der Waals surface area contributed by atoms with E-state index in [9.17, 15) is 4.79 Å². The molecule has 3 N–H and O–H groups in total. The predicted octanol–water partition coefficient (Wildman–Crippen LogP) is 1.24. The number of oxime groups is 1. The molecule has 0 atom stereocenters. The van der Waals surface area contributed by atoms with Crippen molar-refractivity contribution in [3.8, 4) is 0 Å². The van der Waals surface area contributed by atoms with Crippen molar-refractivity contribution in [1.82, 2.24) is 9.80 Å². The van der Waals surface area contributed by atoms with Crippen molar-refractivity contribution < 1.29 is 10.0 Å². The van der Waals surface area contributed by atoms with E-state index in [-0.39, 0.29) is 11.7 Å². The summed E-state index contributed by atoms with van der Waals surface area (Å²) in [5, 5.41) is 12.3. The number of rotatable bonds is 3. The van der Waals surface area contributed by atoms with Crippen LogP contribution in [0.3, 0.4) is 0 Å². The summed E-state index contributed by atoms with van der Waals surface area (Å²) in [4.78, 5) is 17.3. The summed E-state index contributed by atoms with van der Waals surface area (Å²) in [7, 11) is 0. The zero-order valence-electron chi connectivity index (χ0n) is 13.2. The SMILES string of the molecule is CC(C)N1CCN(C(=O)C2(C(N)=NO)CCCCC2)CC1. The van der Waals surface area contributed by atoms with Crippen molar-refractivity contribution >= 4 is 11.7 Å². The zero-order valence-corrected chi connectivity index (χ0v) is 13.2. The van der Waals surface area contributed by atoms with Crippen LogP contribution in [0, 0.1) is 5.41 Å². The Morgan fingerprint density at radius 3 is 2.19 bits per heavy atom. The molecule has 1 saturated carbocycles. The van der Waals surface area contributed by atoms with E-state index < -0.39 is 5.41 Å². The van der Waals surface area contributed by atoms with E-state index in [4.69, 9.17) is 10.9 Å². The van der Waals surface area contributed by atoms with E-state index in [1.165, 1.54) is 0 Å². The van der Waals surface area contributed by atoms with Gasteiger partial charge in [-0.25, -0.2) is 0 Å².